The maximum absolute atomic E-state index is 9.21. The lowest BCUT2D eigenvalue weighted by atomic mass is 9.99. The maximum atomic E-state index is 9.21. The van der Waals surface area contributed by atoms with Crippen LogP contribution in [-0.2, 0) is 12.8 Å². The van der Waals surface area contributed by atoms with Gasteiger partial charge in [-0.05, 0) is 37.3 Å². The van der Waals surface area contributed by atoms with Crippen LogP contribution in [0.5, 0.6) is 0 Å². The fraction of sp³-hybridized carbons (Fsp3) is 0.385. The topological polar surface area (TPSA) is 20.2 Å². The van der Waals surface area contributed by atoms with Crippen molar-refractivity contribution >= 4 is 0 Å². The second kappa shape index (κ2) is 5.61. The standard InChI is InChI=1S/C13H18O/c1-3-6-12-7-4-5-8-13(12)10-9-11(2)14/h3-5,7-8,11,14H,1,6,9-10H2,2H3. The lowest BCUT2D eigenvalue weighted by molar-refractivity contribution is 0.185. The third kappa shape index (κ3) is 3.35. The Bertz CT molecular complexity index is 289. The number of allylic oxidation sites excluding steroid dienone is 1. The van der Waals surface area contributed by atoms with Crippen molar-refractivity contribution in [2.75, 3.05) is 0 Å². The first kappa shape index (κ1) is 11.0. The van der Waals surface area contributed by atoms with Gasteiger partial charge in [-0.25, -0.2) is 0 Å². The summed E-state index contributed by atoms with van der Waals surface area (Å²) in [5, 5.41) is 9.21. The van der Waals surface area contributed by atoms with Crippen molar-refractivity contribution in [2.24, 2.45) is 0 Å². The average Bonchev–Trinajstić information content (AvgIpc) is 2.17. The molecule has 0 amide bonds. The Morgan fingerprint density at radius 1 is 1.36 bits per heavy atom. The molecule has 0 fully saturated rings. The summed E-state index contributed by atoms with van der Waals surface area (Å²) >= 11 is 0. The van der Waals surface area contributed by atoms with E-state index in [9.17, 15) is 5.11 Å². The summed E-state index contributed by atoms with van der Waals surface area (Å²) in [6.45, 7) is 5.57. The summed E-state index contributed by atoms with van der Waals surface area (Å²) in [7, 11) is 0. The van der Waals surface area contributed by atoms with Crippen LogP contribution < -0.4 is 0 Å². The second-order valence-electron chi connectivity index (χ2n) is 3.65. The highest BCUT2D eigenvalue weighted by Crippen LogP contribution is 2.13. The van der Waals surface area contributed by atoms with Crippen LogP contribution in [0.4, 0.5) is 0 Å². The molecule has 0 bridgehead atoms. The Labute approximate surface area is 86.1 Å². The molecular weight excluding hydrogens is 172 g/mol. The zero-order chi connectivity index (χ0) is 10.4. The molecule has 1 unspecified atom stereocenters. The third-order valence-electron chi connectivity index (χ3n) is 2.31. The highest BCUT2D eigenvalue weighted by atomic mass is 16.3. The predicted octanol–water partition coefficient (Wildman–Crippen LogP) is 2.73. The molecule has 0 aliphatic heterocycles. The minimum absolute atomic E-state index is 0.216. The minimum atomic E-state index is -0.216. The van der Waals surface area contributed by atoms with Crippen LogP contribution in [0, 0.1) is 0 Å². The summed E-state index contributed by atoms with van der Waals surface area (Å²) in [5.74, 6) is 0. The molecular formula is C13H18O. The SMILES string of the molecule is C=CCc1ccccc1CCC(C)O. The smallest absolute Gasteiger partial charge is 0.0515 e. The van der Waals surface area contributed by atoms with Crippen LogP contribution in [-0.4, -0.2) is 11.2 Å². The van der Waals surface area contributed by atoms with Gasteiger partial charge >= 0.3 is 0 Å². The molecule has 1 aromatic rings. The lowest BCUT2D eigenvalue weighted by Gasteiger charge is -2.08. The number of benzene rings is 1. The highest BCUT2D eigenvalue weighted by molar-refractivity contribution is 5.28. The Balaban J connectivity index is 2.68. The van der Waals surface area contributed by atoms with E-state index in [1.807, 2.05) is 25.1 Å². The fourth-order valence-corrected chi connectivity index (χ4v) is 1.52. The van der Waals surface area contributed by atoms with Gasteiger partial charge in [0.1, 0.15) is 0 Å². The second-order valence-corrected chi connectivity index (χ2v) is 3.65. The van der Waals surface area contributed by atoms with E-state index < -0.39 is 0 Å². The van der Waals surface area contributed by atoms with Crippen LogP contribution >= 0.6 is 0 Å². The molecule has 0 saturated heterocycles. The van der Waals surface area contributed by atoms with Gasteiger partial charge in [0.05, 0.1) is 6.10 Å². The number of aryl methyl sites for hydroxylation is 1. The minimum Gasteiger partial charge on any atom is -0.393 e. The molecule has 0 spiro atoms. The van der Waals surface area contributed by atoms with Crippen LogP contribution in [0.15, 0.2) is 36.9 Å². The van der Waals surface area contributed by atoms with Gasteiger partial charge in [-0.2, -0.15) is 0 Å². The molecule has 1 atom stereocenters. The van der Waals surface area contributed by atoms with Gasteiger partial charge in [0.15, 0.2) is 0 Å². The predicted molar refractivity (Wildman–Crippen MR) is 60.3 cm³/mol. The van der Waals surface area contributed by atoms with Crippen molar-refractivity contribution in [2.45, 2.75) is 32.3 Å². The molecule has 0 saturated carbocycles. The fourth-order valence-electron chi connectivity index (χ4n) is 1.52. The van der Waals surface area contributed by atoms with Gasteiger partial charge in [0.2, 0.25) is 0 Å². The van der Waals surface area contributed by atoms with Crippen LogP contribution in [0.1, 0.15) is 24.5 Å². The molecule has 1 aromatic carbocycles. The van der Waals surface area contributed by atoms with E-state index in [4.69, 9.17) is 0 Å². The van der Waals surface area contributed by atoms with E-state index in [-0.39, 0.29) is 6.10 Å². The molecule has 1 rings (SSSR count). The Morgan fingerprint density at radius 2 is 2.00 bits per heavy atom. The van der Waals surface area contributed by atoms with E-state index in [0.29, 0.717) is 0 Å². The van der Waals surface area contributed by atoms with E-state index >= 15 is 0 Å². The molecule has 0 heterocycles. The van der Waals surface area contributed by atoms with E-state index in [1.165, 1.54) is 11.1 Å². The first-order chi connectivity index (χ1) is 6.74. The molecule has 0 aromatic heterocycles. The summed E-state index contributed by atoms with van der Waals surface area (Å²) in [4.78, 5) is 0. The molecule has 14 heavy (non-hydrogen) atoms. The van der Waals surface area contributed by atoms with Crippen molar-refractivity contribution in [3.63, 3.8) is 0 Å². The van der Waals surface area contributed by atoms with Gasteiger partial charge in [-0.15, -0.1) is 6.58 Å². The van der Waals surface area contributed by atoms with Gasteiger partial charge in [-0.1, -0.05) is 30.3 Å². The Morgan fingerprint density at radius 3 is 2.57 bits per heavy atom. The summed E-state index contributed by atoms with van der Waals surface area (Å²) < 4.78 is 0. The van der Waals surface area contributed by atoms with Gasteiger partial charge in [0.25, 0.3) is 0 Å². The number of aliphatic hydroxyl groups excluding tert-OH is 1. The van der Waals surface area contributed by atoms with E-state index in [1.54, 1.807) is 0 Å². The molecule has 76 valence electrons. The molecule has 1 N–H and O–H groups in total. The maximum Gasteiger partial charge on any atom is 0.0515 e. The molecule has 0 aliphatic rings. The highest BCUT2D eigenvalue weighted by Gasteiger charge is 2.02. The first-order valence-corrected chi connectivity index (χ1v) is 5.09. The number of hydrogen-bond donors (Lipinski definition) is 1. The van der Waals surface area contributed by atoms with Crippen molar-refractivity contribution in [3.05, 3.63) is 48.0 Å². The van der Waals surface area contributed by atoms with Crippen molar-refractivity contribution < 1.29 is 5.11 Å². The first-order valence-electron chi connectivity index (χ1n) is 5.09. The Kier molecular flexibility index (Phi) is 4.41. The van der Waals surface area contributed by atoms with Crippen molar-refractivity contribution in [1.82, 2.24) is 0 Å². The van der Waals surface area contributed by atoms with Gasteiger partial charge < -0.3 is 5.11 Å². The van der Waals surface area contributed by atoms with E-state index in [2.05, 4.69) is 18.7 Å². The summed E-state index contributed by atoms with van der Waals surface area (Å²) in [6, 6.07) is 8.34. The van der Waals surface area contributed by atoms with E-state index in [0.717, 1.165) is 19.3 Å². The quantitative estimate of drug-likeness (QED) is 0.708. The average molecular weight is 190 g/mol. The van der Waals surface area contributed by atoms with Crippen LogP contribution in [0.3, 0.4) is 0 Å². The summed E-state index contributed by atoms with van der Waals surface area (Å²) in [5.41, 5.74) is 2.65. The molecule has 1 nitrogen and oxygen atoms in total. The van der Waals surface area contributed by atoms with Gasteiger partial charge in [0, 0.05) is 0 Å². The third-order valence-corrected chi connectivity index (χ3v) is 2.31. The zero-order valence-electron chi connectivity index (χ0n) is 8.74. The molecule has 0 aliphatic carbocycles. The van der Waals surface area contributed by atoms with Crippen molar-refractivity contribution in [3.8, 4) is 0 Å². The monoisotopic (exact) mass is 190 g/mol. The van der Waals surface area contributed by atoms with Crippen LogP contribution in [0.2, 0.25) is 0 Å². The number of rotatable bonds is 5. The van der Waals surface area contributed by atoms with Crippen molar-refractivity contribution in [1.29, 1.82) is 0 Å². The lowest BCUT2D eigenvalue weighted by Crippen LogP contribution is -2.03. The van der Waals surface area contributed by atoms with Gasteiger partial charge in [-0.3, -0.25) is 0 Å². The zero-order valence-corrected chi connectivity index (χ0v) is 8.74. The van der Waals surface area contributed by atoms with Crippen LogP contribution in [0.25, 0.3) is 0 Å². The Hall–Kier alpha value is -1.08. The molecule has 0 radical (unpaired) electrons. The summed E-state index contributed by atoms with van der Waals surface area (Å²) in [6.07, 6.45) is 4.39. The largest absolute Gasteiger partial charge is 0.393 e. The number of aliphatic hydroxyl groups is 1. The number of hydrogen-bond acceptors (Lipinski definition) is 1. The molecule has 1 heteroatoms. The normalized spacial score (nSPS) is 12.4.